The predicted octanol–water partition coefficient (Wildman–Crippen LogP) is 1.74. The Morgan fingerprint density at radius 2 is 1.96 bits per heavy atom. The number of amides is 2. The summed E-state index contributed by atoms with van der Waals surface area (Å²) in [4.78, 5) is 42.1. The average Bonchev–Trinajstić information content (AvgIpc) is 2.67. The summed E-state index contributed by atoms with van der Waals surface area (Å²) in [5, 5.41) is 12.4. The van der Waals surface area contributed by atoms with E-state index < -0.39 is 6.09 Å². The molecule has 0 saturated heterocycles. The van der Waals surface area contributed by atoms with Crippen molar-refractivity contribution in [2.45, 2.75) is 31.1 Å². The highest BCUT2D eigenvalue weighted by atomic mass is 32.2. The SMILES string of the molecule is CNC(=O)c1ccc(-n2c(SC)nc3c(c2=O)CC(C)N(C(=O)O)C3)cc1. The Balaban J connectivity index is 2.10. The molecule has 0 fully saturated rings. The zero-order valence-corrected chi connectivity index (χ0v) is 16.0. The number of hydrogen-bond donors (Lipinski definition) is 2. The van der Waals surface area contributed by atoms with Crippen LogP contribution in [-0.2, 0) is 13.0 Å². The Hall–Kier alpha value is -2.81. The fraction of sp³-hybridized carbons (Fsp3) is 0.333. The van der Waals surface area contributed by atoms with Gasteiger partial charge >= 0.3 is 6.09 Å². The van der Waals surface area contributed by atoms with Crippen molar-refractivity contribution in [2.75, 3.05) is 13.3 Å². The first-order chi connectivity index (χ1) is 12.9. The third kappa shape index (κ3) is 3.42. The van der Waals surface area contributed by atoms with Crippen LogP contribution in [0, 0.1) is 0 Å². The maximum absolute atomic E-state index is 13.2. The fourth-order valence-corrected chi connectivity index (χ4v) is 3.74. The van der Waals surface area contributed by atoms with Crippen molar-refractivity contribution in [3.05, 3.63) is 51.4 Å². The molecular formula is C18H20N4O4S. The van der Waals surface area contributed by atoms with Gasteiger partial charge in [-0.05, 0) is 37.4 Å². The number of hydrogen-bond acceptors (Lipinski definition) is 5. The molecule has 0 radical (unpaired) electrons. The summed E-state index contributed by atoms with van der Waals surface area (Å²) in [6.45, 7) is 1.88. The second kappa shape index (κ2) is 7.43. The zero-order chi connectivity index (χ0) is 19.7. The Labute approximate surface area is 160 Å². The van der Waals surface area contributed by atoms with E-state index in [-0.39, 0.29) is 24.1 Å². The number of aromatic nitrogens is 2. The smallest absolute Gasteiger partial charge is 0.407 e. The Kier molecular flexibility index (Phi) is 5.22. The van der Waals surface area contributed by atoms with Gasteiger partial charge in [-0.3, -0.25) is 19.1 Å². The van der Waals surface area contributed by atoms with Crippen LogP contribution in [0.3, 0.4) is 0 Å². The molecule has 1 aliphatic heterocycles. The first kappa shape index (κ1) is 19.0. The predicted molar refractivity (Wildman–Crippen MR) is 102 cm³/mol. The lowest BCUT2D eigenvalue weighted by Crippen LogP contribution is -2.45. The molecule has 2 N–H and O–H groups in total. The van der Waals surface area contributed by atoms with Gasteiger partial charge in [0.15, 0.2) is 5.16 Å². The minimum atomic E-state index is -1.02. The largest absolute Gasteiger partial charge is 0.465 e. The maximum atomic E-state index is 13.2. The van der Waals surface area contributed by atoms with Crippen LogP contribution in [0.1, 0.15) is 28.5 Å². The first-order valence-electron chi connectivity index (χ1n) is 8.38. The van der Waals surface area contributed by atoms with Gasteiger partial charge in [0.25, 0.3) is 11.5 Å². The minimum absolute atomic E-state index is 0.102. The number of nitrogens with zero attached hydrogens (tertiary/aromatic N) is 3. The lowest BCUT2D eigenvalue weighted by molar-refractivity contribution is 0.0962. The lowest BCUT2D eigenvalue weighted by atomic mass is 10.0. The van der Waals surface area contributed by atoms with E-state index in [0.717, 1.165) is 0 Å². The van der Waals surface area contributed by atoms with Gasteiger partial charge in [0, 0.05) is 30.6 Å². The minimum Gasteiger partial charge on any atom is -0.465 e. The normalized spacial score (nSPS) is 16.0. The van der Waals surface area contributed by atoms with Gasteiger partial charge in [-0.2, -0.15) is 0 Å². The summed E-state index contributed by atoms with van der Waals surface area (Å²) in [7, 11) is 1.56. The van der Waals surface area contributed by atoms with Crippen LogP contribution in [0.5, 0.6) is 0 Å². The molecule has 0 bridgehead atoms. The molecular weight excluding hydrogens is 368 g/mol. The highest BCUT2D eigenvalue weighted by Gasteiger charge is 2.31. The molecule has 0 spiro atoms. The van der Waals surface area contributed by atoms with Gasteiger partial charge in [-0.25, -0.2) is 9.78 Å². The molecule has 1 atom stereocenters. The van der Waals surface area contributed by atoms with Crippen LogP contribution in [0.4, 0.5) is 4.79 Å². The number of benzene rings is 1. The number of carboxylic acid groups (broad SMARTS) is 1. The molecule has 3 rings (SSSR count). The Morgan fingerprint density at radius 1 is 1.30 bits per heavy atom. The van der Waals surface area contributed by atoms with Gasteiger partial charge in [-0.1, -0.05) is 11.8 Å². The van der Waals surface area contributed by atoms with Crippen LogP contribution in [0.25, 0.3) is 5.69 Å². The number of thioether (sulfide) groups is 1. The number of carbonyl (C=O) groups is 2. The van der Waals surface area contributed by atoms with E-state index in [1.807, 2.05) is 6.26 Å². The quantitative estimate of drug-likeness (QED) is 0.613. The maximum Gasteiger partial charge on any atom is 0.407 e. The molecule has 1 aromatic heterocycles. The molecule has 0 saturated carbocycles. The molecule has 8 nitrogen and oxygen atoms in total. The van der Waals surface area contributed by atoms with Crippen molar-refractivity contribution in [2.24, 2.45) is 0 Å². The number of carbonyl (C=O) groups excluding carboxylic acids is 1. The van der Waals surface area contributed by atoms with Gasteiger partial charge < -0.3 is 10.4 Å². The van der Waals surface area contributed by atoms with E-state index in [0.29, 0.717) is 34.1 Å². The average molecular weight is 388 g/mol. The number of nitrogens with one attached hydrogen (secondary N) is 1. The van der Waals surface area contributed by atoms with Crippen LogP contribution >= 0.6 is 11.8 Å². The van der Waals surface area contributed by atoms with Crippen molar-refractivity contribution in [1.29, 1.82) is 0 Å². The topological polar surface area (TPSA) is 105 Å². The van der Waals surface area contributed by atoms with E-state index in [1.54, 1.807) is 38.2 Å². The van der Waals surface area contributed by atoms with Crippen LogP contribution < -0.4 is 10.9 Å². The first-order valence-corrected chi connectivity index (χ1v) is 9.60. The molecule has 27 heavy (non-hydrogen) atoms. The van der Waals surface area contributed by atoms with Gasteiger partial charge in [0.05, 0.1) is 17.9 Å². The van der Waals surface area contributed by atoms with Gasteiger partial charge in [0.2, 0.25) is 0 Å². The molecule has 1 aromatic carbocycles. The van der Waals surface area contributed by atoms with E-state index in [1.165, 1.54) is 21.2 Å². The summed E-state index contributed by atoms with van der Waals surface area (Å²) < 4.78 is 1.51. The summed E-state index contributed by atoms with van der Waals surface area (Å²) in [5.41, 5.74) is 1.95. The third-order valence-corrected chi connectivity index (χ3v) is 5.27. The Bertz CT molecular complexity index is 955. The molecule has 1 aliphatic rings. The highest BCUT2D eigenvalue weighted by molar-refractivity contribution is 7.98. The third-order valence-electron chi connectivity index (χ3n) is 4.63. The van der Waals surface area contributed by atoms with E-state index >= 15 is 0 Å². The number of fused-ring (bicyclic) bond motifs is 1. The number of rotatable bonds is 3. The van der Waals surface area contributed by atoms with Crippen LogP contribution in [-0.4, -0.2) is 50.9 Å². The molecule has 2 amide bonds. The van der Waals surface area contributed by atoms with Crippen LogP contribution in [0.2, 0.25) is 0 Å². The summed E-state index contributed by atoms with van der Waals surface area (Å²) >= 11 is 1.31. The molecule has 9 heteroatoms. The van der Waals surface area contributed by atoms with E-state index in [9.17, 15) is 19.5 Å². The second-order valence-corrected chi connectivity index (χ2v) is 7.03. The summed E-state index contributed by atoms with van der Waals surface area (Å²) in [6, 6.07) is 6.41. The van der Waals surface area contributed by atoms with Crippen molar-refractivity contribution in [3.63, 3.8) is 0 Å². The monoisotopic (exact) mass is 388 g/mol. The van der Waals surface area contributed by atoms with E-state index in [4.69, 9.17) is 0 Å². The summed E-state index contributed by atoms with van der Waals surface area (Å²) in [6.07, 6.45) is 1.11. The standard InChI is InChI=1S/C18H20N4O4S/c1-10-8-13-14(9-21(10)18(25)26)20-17(27-3)22(16(13)24)12-6-4-11(5-7-12)15(23)19-2/h4-7,10H,8-9H2,1-3H3,(H,19,23)(H,25,26). The molecule has 2 aromatic rings. The zero-order valence-electron chi connectivity index (χ0n) is 15.2. The van der Waals surface area contributed by atoms with Crippen molar-refractivity contribution in [1.82, 2.24) is 19.8 Å². The van der Waals surface area contributed by atoms with Crippen molar-refractivity contribution in [3.8, 4) is 5.69 Å². The Morgan fingerprint density at radius 3 is 2.52 bits per heavy atom. The molecule has 1 unspecified atom stereocenters. The fourth-order valence-electron chi connectivity index (χ4n) is 3.16. The second-order valence-electron chi connectivity index (χ2n) is 6.25. The van der Waals surface area contributed by atoms with Gasteiger partial charge in [0.1, 0.15) is 0 Å². The van der Waals surface area contributed by atoms with Gasteiger partial charge in [-0.15, -0.1) is 0 Å². The highest BCUT2D eigenvalue weighted by Crippen LogP contribution is 2.24. The van der Waals surface area contributed by atoms with Crippen molar-refractivity contribution < 1.29 is 14.7 Å². The van der Waals surface area contributed by atoms with E-state index in [2.05, 4.69) is 10.3 Å². The van der Waals surface area contributed by atoms with Crippen LogP contribution in [0.15, 0.2) is 34.2 Å². The molecule has 0 aliphatic carbocycles. The summed E-state index contributed by atoms with van der Waals surface area (Å²) in [5.74, 6) is -0.204. The lowest BCUT2D eigenvalue weighted by Gasteiger charge is -2.32. The molecule has 142 valence electrons. The van der Waals surface area contributed by atoms with Crippen molar-refractivity contribution >= 4 is 23.8 Å². The molecule has 2 heterocycles.